The van der Waals surface area contributed by atoms with Gasteiger partial charge in [0.2, 0.25) is 5.88 Å². The highest BCUT2D eigenvalue weighted by Crippen LogP contribution is 2.31. The highest BCUT2D eigenvalue weighted by Gasteiger charge is 2.18. The van der Waals surface area contributed by atoms with Gasteiger partial charge in [-0.3, -0.25) is 0 Å². The fourth-order valence-corrected chi connectivity index (χ4v) is 2.02. The van der Waals surface area contributed by atoms with E-state index in [0.717, 1.165) is 11.3 Å². The molecule has 0 aromatic carbocycles. The van der Waals surface area contributed by atoms with Crippen LogP contribution < -0.4 is 5.32 Å². The predicted molar refractivity (Wildman–Crippen MR) is 72.5 cm³/mol. The van der Waals surface area contributed by atoms with Gasteiger partial charge in [-0.2, -0.15) is 0 Å². The summed E-state index contributed by atoms with van der Waals surface area (Å²) in [4.78, 5) is 4.23. The van der Waals surface area contributed by atoms with Crippen molar-refractivity contribution in [2.45, 2.75) is 33.1 Å². The van der Waals surface area contributed by atoms with E-state index in [9.17, 15) is 0 Å². The normalized spacial score (nSPS) is 11.6. The maximum Gasteiger partial charge on any atom is 0.230 e. The van der Waals surface area contributed by atoms with Crippen LogP contribution in [0.25, 0.3) is 0 Å². The first-order valence-electron chi connectivity index (χ1n) is 5.72. The molecule has 0 aliphatic heterocycles. The molecule has 4 nitrogen and oxygen atoms in total. The van der Waals surface area contributed by atoms with Gasteiger partial charge >= 0.3 is 0 Å². The number of hydrogen-bond donors (Lipinski definition) is 1. The lowest BCUT2D eigenvalue weighted by Gasteiger charge is -2.20. The van der Waals surface area contributed by atoms with Crippen LogP contribution in [0.3, 0.4) is 0 Å². The molecule has 2 heterocycles. The summed E-state index contributed by atoms with van der Waals surface area (Å²) in [5.41, 5.74) is 1.83. The van der Waals surface area contributed by atoms with Gasteiger partial charge < -0.3 is 9.84 Å². The average Bonchev–Trinajstić information content (AvgIpc) is 2.65. The monoisotopic (exact) mass is 265 g/mol. The van der Waals surface area contributed by atoms with Crippen LogP contribution in [0.5, 0.6) is 0 Å². The zero-order valence-corrected chi connectivity index (χ0v) is 11.7. The Labute approximate surface area is 111 Å². The van der Waals surface area contributed by atoms with E-state index >= 15 is 0 Å². The number of aryl methyl sites for hydroxylation is 1. The van der Waals surface area contributed by atoms with Gasteiger partial charge in [0.25, 0.3) is 0 Å². The number of halogens is 1. The second kappa shape index (κ2) is 4.61. The van der Waals surface area contributed by atoms with Crippen molar-refractivity contribution in [2.75, 3.05) is 5.32 Å². The minimum Gasteiger partial charge on any atom is -0.338 e. The summed E-state index contributed by atoms with van der Waals surface area (Å²) in [5, 5.41) is 7.54. The number of hydrogen-bond acceptors (Lipinski definition) is 4. The molecule has 1 N–H and O–H groups in total. The van der Waals surface area contributed by atoms with Crippen LogP contribution in [0.2, 0.25) is 5.02 Å². The quantitative estimate of drug-likeness (QED) is 0.889. The van der Waals surface area contributed by atoms with E-state index in [-0.39, 0.29) is 5.41 Å². The Hall–Kier alpha value is -1.55. The molecule has 0 saturated heterocycles. The lowest BCUT2D eigenvalue weighted by molar-refractivity contribution is 0.429. The SMILES string of the molecule is Cc1cc(Nc2cc(C(C)(C)C)c(Cl)cn2)on1. The number of nitrogens with one attached hydrogen (secondary N) is 1. The van der Waals surface area contributed by atoms with E-state index < -0.39 is 0 Å². The van der Waals surface area contributed by atoms with Crippen LogP contribution in [0.15, 0.2) is 22.9 Å². The number of pyridine rings is 1. The molecule has 96 valence electrons. The Balaban J connectivity index is 2.30. The molecule has 0 aliphatic rings. The maximum absolute atomic E-state index is 6.16. The summed E-state index contributed by atoms with van der Waals surface area (Å²) in [6, 6.07) is 3.74. The van der Waals surface area contributed by atoms with E-state index in [1.165, 1.54) is 0 Å². The summed E-state index contributed by atoms with van der Waals surface area (Å²) in [5.74, 6) is 1.27. The smallest absolute Gasteiger partial charge is 0.230 e. The molecule has 0 spiro atoms. The third-order valence-electron chi connectivity index (χ3n) is 2.54. The van der Waals surface area contributed by atoms with Crippen molar-refractivity contribution in [1.82, 2.24) is 10.1 Å². The van der Waals surface area contributed by atoms with Crippen molar-refractivity contribution < 1.29 is 4.52 Å². The molecular weight excluding hydrogens is 250 g/mol. The minimum atomic E-state index is -0.0339. The van der Waals surface area contributed by atoms with Crippen molar-refractivity contribution in [3.05, 3.63) is 34.6 Å². The second-order valence-electron chi connectivity index (χ2n) is 5.26. The third-order valence-corrected chi connectivity index (χ3v) is 2.84. The Morgan fingerprint density at radius 1 is 1.28 bits per heavy atom. The molecule has 0 fully saturated rings. The van der Waals surface area contributed by atoms with Gasteiger partial charge in [-0.15, -0.1) is 0 Å². The average molecular weight is 266 g/mol. The van der Waals surface area contributed by atoms with Gasteiger partial charge in [0.15, 0.2) is 0 Å². The molecule has 0 radical (unpaired) electrons. The molecule has 5 heteroatoms. The first-order valence-corrected chi connectivity index (χ1v) is 6.10. The van der Waals surface area contributed by atoms with Gasteiger partial charge in [-0.25, -0.2) is 4.98 Å². The molecule has 18 heavy (non-hydrogen) atoms. The largest absolute Gasteiger partial charge is 0.338 e. The van der Waals surface area contributed by atoms with Crippen molar-refractivity contribution in [3.8, 4) is 0 Å². The lowest BCUT2D eigenvalue weighted by atomic mass is 9.87. The standard InChI is InChI=1S/C13H16ClN3O/c1-8-5-12(18-17-8)16-11-6-9(13(2,3)4)10(14)7-15-11/h5-7H,1-4H3,(H,15,16). The summed E-state index contributed by atoms with van der Waals surface area (Å²) >= 11 is 6.16. The zero-order chi connectivity index (χ0) is 13.3. The van der Waals surface area contributed by atoms with Crippen LogP contribution in [-0.2, 0) is 5.41 Å². The fraction of sp³-hybridized carbons (Fsp3) is 0.385. The molecule has 0 unspecified atom stereocenters. The Bertz CT molecular complexity index is 558. The first kappa shape index (κ1) is 12.9. The van der Waals surface area contributed by atoms with E-state index in [0.29, 0.717) is 16.7 Å². The number of anilines is 2. The van der Waals surface area contributed by atoms with E-state index in [4.69, 9.17) is 16.1 Å². The van der Waals surface area contributed by atoms with Gasteiger partial charge in [0.05, 0.1) is 10.7 Å². The van der Waals surface area contributed by atoms with Crippen molar-refractivity contribution >= 4 is 23.3 Å². The van der Waals surface area contributed by atoms with Crippen LogP contribution in [0, 0.1) is 6.92 Å². The minimum absolute atomic E-state index is 0.0339. The number of aromatic nitrogens is 2. The first-order chi connectivity index (χ1) is 8.36. The molecule has 0 bridgehead atoms. The topological polar surface area (TPSA) is 51.0 Å². The molecular formula is C13H16ClN3O. The highest BCUT2D eigenvalue weighted by atomic mass is 35.5. The van der Waals surface area contributed by atoms with E-state index in [1.54, 1.807) is 6.20 Å². The summed E-state index contributed by atoms with van der Waals surface area (Å²) < 4.78 is 5.09. The van der Waals surface area contributed by atoms with Crippen molar-refractivity contribution in [3.63, 3.8) is 0 Å². The van der Waals surface area contributed by atoms with E-state index in [2.05, 4.69) is 36.2 Å². The van der Waals surface area contributed by atoms with Gasteiger partial charge in [0.1, 0.15) is 5.82 Å². The van der Waals surface area contributed by atoms with Crippen LogP contribution in [-0.4, -0.2) is 10.1 Å². The molecule has 2 aromatic heterocycles. The third kappa shape index (κ3) is 2.82. The van der Waals surface area contributed by atoms with Gasteiger partial charge in [-0.05, 0) is 24.0 Å². The van der Waals surface area contributed by atoms with Crippen molar-refractivity contribution in [2.24, 2.45) is 0 Å². The molecule has 0 atom stereocenters. The van der Waals surface area contributed by atoms with Crippen molar-refractivity contribution in [1.29, 1.82) is 0 Å². The van der Waals surface area contributed by atoms with Gasteiger partial charge in [-0.1, -0.05) is 37.5 Å². The maximum atomic E-state index is 6.16. The summed E-state index contributed by atoms with van der Waals surface area (Å²) in [7, 11) is 0. The number of rotatable bonds is 2. The summed E-state index contributed by atoms with van der Waals surface area (Å²) in [6.07, 6.45) is 1.65. The Morgan fingerprint density at radius 2 is 2.00 bits per heavy atom. The van der Waals surface area contributed by atoms with Gasteiger partial charge in [0, 0.05) is 12.3 Å². The van der Waals surface area contributed by atoms with Crippen LogP contribution >= 0.6 is 11.6 Å². The predicted octanol–water partition coefficient (Wildman–Crippen LogP) is 4.07. The second-order valence-corrected chi connectivity index (χ2v) is 5.66. The molecule has 0 saturated carbocycles. The number of nitrogens with zero attached hydrogens (tertiary/aromatic N) is 2. The molecule has 0 amide bonds. The lowest BCUT2D eigenvalue weighted by Crippen LogP contribution is -2.12. The highest BCUT2D eigenvalue weighted by molar-refractivity contribution is 6.31. The summed E-state index contributed by atoms with van der Waals surface area (Å²) in [6.45, 7) is 8.19. The van der Waals surface area contributed by atoms with E-state index in [1.807, 2.05) is 19.1 Å². The molecule has 0 aliphatic carbocycles. The Kier molecular flexibility index (Phi) is 3.30. The fourth-order valence-electron chi connectivity index (χ4n) is 1.63. The molecule has 2 rings (SSSR count). The molecule has 2 aromatic rings. The Morgan fingerprint density at radius 3 is 2.56 bits per heavy atom. The zero-order valence-electron chi connectivity index (χ0n) is 10.9. The van der Waals surface area contributed by atoms with Crippen LogP contribution in [0.1, 0.15) is 32.0 Å². The van der Waals surface area contributed by atoms with Crippen LogP contribution in [0.4, 0.5) is 11.7 Å².